The Morgan fingerprint density at radius 2 is 1.71 bits per heavy atom. The van der Waals surface area contributed by atoms with Crippen LogP contribution < -0.4 is 16.6 Å². The number of rotatable bonds is 14. The average molecular weight is 689 g/mol. The van der Waals surface area contributed by atoms with Crippen molar-refractivity contribution in [2.75, 3.05) is 13.2 Å². The van der Waals surface area contributed by atoms with Crippen LogP contribution in [0, 0.1) is 24.7 Å². The molecule has 1 heterocycles. The molecular formula is C35H52N4O8S. The van der Waals surface area contributed by atoms with Gasteiger partial charge in [-0.05, 0) is 69.6 Å². The first kappa shape index (κ1) is 40.6. The van der Waals surface area contributed by atoms with Crippen molar-refractivity contribution < 1.29 is 36.9 Å². The molecule has 1 saturated heterocycles. The summed E-state index contributed by atoms with van der Waals surface area (Å²) in [4.78, 5) is 45.0. The fourth-order valence-corrected chi connectivity index (χ4v) is 5.43. The van der Waals surface area contributed by atoms with Crippen LogP contribution in [0.5, 0.6) is 0 Å². The highest BCUT2D eigenvalue weighted by molar-refractivity contribution is 7.85. The number of hydrazine groups is 1. The Morgan fingerprint density at radius 3 is 2.25 bits per heavy atom. The van der Waals surface area contributed by atoms with Crippen molar-refractivity contribution in [1.82, 2.24) is 15.9 Å². The fraction of sp³-hybridized carbons (Fsp3) is 0.514. The average Bonchev–Trinajstić information content (AvgIpc) is 3.05. The quantitative estimate of drug-likeness (QED) is 0.160. The fourth-order valence-electron chi connectivity index (χ4n) is 4.95. The van der Waals surface area contributed by atoms with Crippen LogP contribution in [-0.2, 0) is 34.1 Å². The number of hydroxylamine groups is 1. The van der Waals surface area contributed by atoms with Gasteiger partial charge in [0.15, 0.2) is 6.29 Å². The van der Waals surface area contributed by atoms with E-state index in [0.717, 1.165) is 24.0 Å². The van der Waals surface area contributed by atoms with Gasteiger partial charge in [-0.1, -0.05) is 81.0 Å². The lowest BCUT2D eigenvalue weighted by Crippen LogP contribution is -2.55. The number of aryl methyl sites for hydroxylation is 1. The third kappa shape index (κ3) is 14.7. The van der Waals surface area contributed by atoms with Crippen molar-refractivity contribution in [3.63, 3.8) is 0 Å². The summed E-state index contributed by atoms with van der Waals surface area (Å²) in [5.74, 6) is -2.44. The monoisotopic (exact) mass is 688 g/mol. The molecule has 3 amide bonds. The Hall–Kier alpha value is -3.62. The normalized spacial score (nSPS) is 16.7. The van der Waals surface area contributed by atoms with Gasteiger partial charge in [0.25, 0.3) is 16.0 Å². The molecule has 12 nitrogen and oxygen atoms in total. The van der Waals surface area contributed by atoms with Gasteiger partial charge in [0, 0.05) is 19.6 Å². The van der Waals surface area contributed by atoms with Gasteiger partial charge in [0.2, 0.25) is 11.8 Å². The second-order valence-corrected chi connectivity index (χ2v) is 13.7. The number of nitrogens with zero attached hydrogens (tertiary/aromatic N) is 1. The van der Waals surface area contributed by atoms with Crippen LogP contribution in [0.1, 0.15) is 77.3 Å². The molecule has 0 aromatic heterocycles. The molecule has 1 aliphatic heterocycles. The van der Waals surface area contributed by atoms with Crippen molar-refractivity contribution in [3.05, 3.63) is 71.8 Å². The predicted molar refractivity (Wildman–Crippen MR) is 184 cm³/mol. The summed E-state index contributed by atoms with van der Waals surface area (Å²) in [6, 6.07) is 15.0. The van der Waals surface area contributed by atoms with Crippen molar-refractivity contribution in [3.8, 4) is 0 Å². The summed E-state index contributed by atoms with van der Waals surface area (Å²) >= 11 is 0. The Morgan fingerprint density at radius 1 is 1.04 bits per heavy atom. The Labute approximate surface area is 285 Å². The van der Waals surface area contributed by atoms with Crippen molar-refractivity contribution in [2.45, 2.75) is 90.4 Å². The molecule has 0 bridgehead atoms. The third-order valence-electron chi connectivity index (χ3n) is 7.48. The van der Waals surface area contributed by atoms with Crippen LogP contribution in [0.3, 0.4) is 0 Å². The van der Waals surface area contributed by atoms with E-state index in [1.54, 1.807) is 19.1 Å². The lowest BCUT2D eigenvalue weighted by Gasteiger charge is -2.31. The molecule has 5 N–H and O–H groups in total. The molecule has 0 aliphatic carbocycles. The first-order valence-corrected chi connectivity index (χ1v) is 17.9. The number of amides is 3. The number of carbonyl (C=O) groups excluding carboxylic acids is 3. The minimum Gasteiger partial charge on any atom is -0.350 e. The highest BCUT2D eigenvalue weighted by atomic mass is 32.2. The van der Waals surface area contributed by atoms with E-state index in [1.807, 2.05) is 70.2 Å². The zero-order valence-corrected chi connectivity index (χ0v) is 29.4. The highest BCUT2D eigenvalue weighted by Crippen LogP contribution is 2.26. The van der Waals surface area contributed by atoms with Crippen LogP contribution in [0.4, 0.5) is 0 Å². The molecule has 4 atom stereocenters. The summed E-state index contributed by atoms with van der Waals surface area (Å²) in [5, 5.41) is 1.27. The molecule has 2 aromatic carbocycles. The van der Waals surface area contributed by atoms with E-state index in [9.17, 15) is 22.8 Å². The summed E-state index contributed by atoms with van der Waals surface area (Å²) in [7, 11) is -4.02. The smallest absolute Gasteiger partial charge is 0.294 e. The lowest BCUT2D eigenvalue weighted by atomic mass is 9.82. The van der Waals surface area contributed by atoms with Gasteiger partial charge in [-0.3, -0.25) is 29.4 Å². The number of allylic oxidation sites excluding steroid dienone is 1. The van der Waals surface area contributed by atoms with E-state index in [4.69, 9.17) is 19.9 Å². The number of hydrogen-bond acceptors (Lipinski definition) is 8. The number of ether oxygens (including phenoxy) is 1. The van der Waals surface area contributed by atoms with Gasteiger partial charge in [-0.25, -0.2) is 10.3 Å². The molecule has 0 radical (unpaired) electrons. The second-order valence-electron chi connectivity index (χ2n) is 12.3. The van der Waals surface area contributed by atoms with Crippen LogP contribution >= 0.6 is 0 Å². The molecule has 48 heavy (non-hydrogen) atoms. The van der Waals surface area contributed by atoms with E-state index in [-0.39, 0.29) is 16.7 Å². The number of hydrogen-bond donors (Lipinski definition) is 4. The van der Waals surface area contributed by atoms with Crippen molar-refractivity contribution in [1.29, 1.82) is 0 Å². The number of nitrogens with two attached hydrogens (primary N) is 1. The summed E-state index contributed by atoms with van der Waals surface area (Å²) < 4.78 is 35.1. The molecule has 0 saturated carbocycles. The molecule has 0 spiro atoms. The van der Waals surface area contributed by atoms with Gasteiger partial charge < -0.3 is 10.5 Å². The number of carbonyl (C=O) groups is 3. The van der Waals surface area contributed by atoms with Crippen molar-refractivity contribution in [2.24, 2.45) is 23.5 Å². The Kier molecular flexibility index (Phi) is 17.5. The molecule has 2 aromatic rings. The van der Waals surface area contributed by atoms with Gasteiger partial charge in [-0.15, -0.1) is 0 Å². The predicted octanol–water partition coefficient (Wildman–Crippen LogP) is 4.80. The molecule has 266 valence electrons. The zero-order valence-electron chi connectivity index (χ0n) is 28.6. The Balaban J connectivity index is 0.000000613. The molecule has 1 fully saturated rings. The summed E-state index contributed by atoms with van der Waals surface area (Å²) in [6.07, 6.45) is 7.36. The van der Waals surface area contributed by atoms with E-state index in [1.165, 1.54) is 17.1 Å². The standard InChI is InChI=1S/C28H44N4O5.C7H8O3S/c1-5-17-32(28(35)21(4)29)30-26(33)24(19-20(2)3)23(15-11-14-22-12-7-6-8-13-22)27(34)31-37-25-16-9-10-18-36-25;1-6-2-4-7(5-3-6)11(8,9)10/h6-8,11-14,20-21,23-25H,5,9-10,15-19,29H2,1-4H3,(H,30,33)(H,31,34);2-5H,1H3,(H,8,9,10)/t21-,23+,24-,25?;/m1./s1. The van der Waals surface area contributed by atoms with Gasteiger partial charge in [-0.2, -0.15) is 8.42 Å². The molecule has 1 aliphatic rings. The maximum absolute atomic E-state index is 13.6. The largest absolute Gasteiger partial charge is 0.350 e. The first-order valence-electron chi connectivity index (χ1n) is 16.4. The Bertz CT molecular complexity index is 1410. The summed E-state index contributed by atoms with van der Waals surface area (Å²) in [6.45, 7) is 10.2. The third-order valence-corrected chi connectivity index (χ3v) is 8.35. The number of benzene rings is 2. The topological polar surface area (TPSA) is 177 Å². The molecular weight excluding hydrogens is 636 g/mol. The van der Waals surface area contributed by atoms with E-state index < -0.39 is 46.1 Å². The van der Waals surface area contributed by atoms with Crippen molar-refractivity contribution >= 4 is 33.9 Å². The minimum atomic E-state index is -4.02. The molecule has 13 heteroatoms. The minimum absolute atomic E-state index is 0.0666. The SMILES string of the molecule is CCCN(NC(=O)[C@H](CC(C)C)[C@H](CC=Cc1ccccc1)C(=O)NOC1CCCCO1)C(=O)[C@@H](C)N.Cc1ccc(S(=O)(=O)O)cc1. The van der Waals surface area contributed by atoms with Crippen LogP contribution in [0.25, 0.3) is 6.08 Å². The molecule has 1 unspecified atom stereocenters. The molecule has 3 rings (SSSR count). The van der Waals surface area contributed by atoms with E-state index in [2.05, 4.69) is 10.9 Å². The van der Waals surface area contributed by atoms with Crippen LogP contribution in [0.2, 0.25) is 0 Å². The maximum atomic E-state index is 13.6. The van der Waals surface area contributed by atoms with Gasteiger partial charge in [0.1, 0.15) is 0 Å². The maximum Gasteiger partial charge on any atom is 0.294 e. The zero-order chi connectivity index (χ0) is 35.7. The lowest BCUT2D eigenvalue weighted by molar-refractivity contribution is -0.203. The van der Waals surface area contributed by atoms with E-state index >= 15 is 0 Å². The van der Waals surface area contributed by atoms with Gasteiger partial charge in [0.05, 0.1) is 22.8 Å². The van der Waals surface area contributed by atoms with Gasteiger partial charge >= 0.3 is 0 Å². The van der Waals surface area contributed by atoms with Crippen LogP contribution in [-0.4, -0.2) is 61.2 Å². The number of nitrogens with one attached hydrogen (secondary N) is 2. The first-order chi connectivity index (χ1) is 22.7. The summed E-state index contributed by atoms with van der Waals surface area (Å²) in [5.41, 5.74) is 13.0. The van der Waals surface area contributed by atoms with Crippen LogP contribution in [0.15, 0.2) is 65.6 Å². The second kappa shape index (κ2) is 20.7. The highest BCUT2D eigenvalue weighted by Gasteiger charge is 2.35. The van der Waals surface area contributed by atoms with E-state index in [0.29, 0.717) is 38.8 Å².